The summed E-state index contributed by atoms with van der Waals surface area (Å²) in [6.45, 7) is 4.71. The summed E-state index contributed by atoms with van der Waals surface area (Å²) >= 11 is 0. The molecule has 1 aliphatic heterocycles. The van der Waals surface area contributed by atoms with Gasteiger partial charge in [0.2, 0.25) is 0 Å². The maximum Gasteiger partial charge on any atom is 0.317 e. The first-order chi connectivity index (χ1) is 13.1. The number of benzene rings is 1. The number of ether oxygens (including phenoxy) is 2. The van der Waals surface area contributed by atoms with Crippen molar-refractivity contribution in [2.45, 2.75) is 26.3 Å². The molecule has 0 bridgehead atoms. The normalized spacial score (nSPS) is 14.9. The Bertz CT molecular complexity index is 749. The zero-order valence-corrected chi connectivity index (χ0v) is 16.3. The first kappa shape index (κ1) is 19.1. The fourth-order valence-corrected chi connectivity index (χ4v) is 3.19. The van der Waals surface area contributed by atoms with Gasteiger partial charge in [0.1, 0.15) is 11.5 Å². The van der Waals surface area contributed by atoms with E-state index in [1.54, 1.807) is 13.3 Å². The van der Waals surface area contributed by atoms with Crippen molar-refractivity contribution < 1.29 is 14.3 Å². The quantitative estimate of drug-likeness (QED) is 0.847. The number of rotatable bonds is 6. The van der Waals surface area contributed by atoms with Crippen LogP contribution in [-0.2, 0) is 13.6 Å². The summed E-state index contributed by atoms with van der Waals surface area (Å²) in [7, 11) is 3.55. The van der Waals surface area contributed by atoms with Crippen LogP contribution in [0.25, 0.3) is 0 Å². The lowest BCUT2D eigenvalue weighted by Gasteiger charge is -2.32. The molecule has 0 aliphatic carbocycles. The highest BCUT2D eigenvalue weighted by Gasteiger charge is 2.23. The van der Waals surface area contributed by atoms with Gasteiger partial charge in [-0.05, 0) is 49.9 Å². The predicted octanol–water partition coefficient (Wildman–Crippen LogP) is 2.74. The number of nitrogens with one attached hydrogen (secondary N) is 1. The number of methoxy groups -OCH3 is 1. The van der Waals surface area contributed by atoms with Crippen LogP contribution >= 0.6 is 0 Å². The average molecular weight is 372 g/mol. The Labute approximate surface area is 160 Å². The molecule has 1 saturated heterocycles. The first-order valence-corrected chi connectivity index (χ1v) is 9.34. The molecule has 0 spiro atoms. The average Bonchev–Trinajstić information content (AvgIpc) is 3.03. The second kappa shape index (κ2) is 8.79. The molecule has 1 N–H and O–H groups in total. The van der Waals surface area contributed by atoms with E-state index >= 15 is 0 Å². The minimum absolute atomic E-state index is 0.00669. The molecule has 2 amide bonds. The summed E-state index contributed by atoms with van der Waals surface area (Å²) in [6, 6.07) is 7.62. The molecule has 1 aromatic heterocycles. The molecule has 1 fully saturated rings. The third-order valence-corrected chi connectivity index (χ3v) is 5.21. The second-order valence-electron chi connectivity index (χ2n) is 6.95. The lowest BCUT2D eigenvalue weighted by Crippen LogP contribution is -2.44. The number of aryl methyl sites for hydroxylation is 1. The number of piperidine rings is 1. The van der Waals surface area contributed by atoms with Crippen LogP contribution in [0, 0.1) is 12.8 Å². The number of aromatic nitrogens is 2. The molecule has 0 unspecified atom stereocenters. The third-order valence-electron chi connectivity index (χ3n) is 5.21. The van der Waals surface area contributed by atoms with Gasteiger partial charge in [0.25, 0.3) is 0 Å². The van der Waals surface area contributed by atoms with Gasteiger partial charge in [0.05, 0.1) is 19.9 Å². The number of hydrogen-bond donors (Lipinski definition) is 1. The summed E-state index contributed by atoms with van der Waals surface area (Å²) in [5.74, 6) is 2.14. The van der Waals surface area contributed by atoms with Gasteiger partial charge in [0.15, 0.2) is 0 Å². The lowest BCUT2D eigenvalue weighted by atomic mass is 9.98. The Morgan fingerprint density at radius 2 is 1.89 bits per heavy atom. The van der Waals surface area contributed by atoms with E-state index in [1.807, 2.05) is 47.8 Å². The Balaban J connectivity index is 1.38. The van der Waals surface area contributed by atoms with Crippen LogP contribution in [0.1, 0.15) is 24.1 Å². The Morgan fingerprint density at radius 1 is 1.22 bits per heavy atom. The van der Waals surface area contributed by atoms with E-state index in [0.29, 0.717) is 19.1 Å². The van der Waals surface area contributed by atoms with Gasteiger partial charge in [-0.1, -0.05) is 0 Å². The van der Waals surface area contributed by atoms with Gasteiger partial charge < -0.3 is 19.7 Å². The third kappa shape index (κ3) is 4.93. The van der Waals surface area contributed by atoms with Crippen LogP contribution in [0.2, 0.25) is 0 Å². The molecular formula is C20H28N4O3. The van der Waals surface area contributed by atoms with E-state index in [4.69, 9.17) is 9.47 Å². The molecule has 1 aliphatic rings. The molecule has 146 valence electrons. The van der Waals surface area contributed by atoms with Gasteiger partial charge in [0, 0.05) is 37.9 Å². The zero-order valence-electron chi connectivity index (χ0n) is 16.3. The predicted molar refractivity (Wildman–Crippen MR) is 103 cm³/mol. The maximum absolute atomic E-state index is 12.4. The smallest absolute Gasteiger partial charge is 0.317 e. The summed E-state index contributed by atoms with van der Waals surface area (Å²) in [4.78, 5) is 14.3. The summed E-state index contributed by atoms with van der Waals surface area (Å²) in [5, 5.41) is 7.20. The van der Waals surface area contributed by atoms with Gasteiger partial charge in [-0.3, -0.25) is 4.68 Å². The number of urea groups is 1. The minimum atomic E-state index is -0.00669. The molecule has 1 aromatic carbocycles. The minimum Gasteiger partial charge on any atom is -0.497 e. The van der Waals surface area contributed by atoms with Crippen molar-refractivity contribution in [2.75, 3.05) is 26.8 Å². The SMILES string of the molecule is COc1ccc(OCC2CCN(C(=O)NCc3cnn(C)c3C)CC2)cc1. The number of hydrogen-bond acceptors (Lipinski definition) is 4. The van der Waals surface area contributed by atoms with Crippen LogP contribution in [0.3, 0.4) is 0 Å². The number of amides is 2. The van der Waals surface area contributed by atoms with Crippen molar-refractivity contribution in [1.29, 1.82) is 0 Å². The van der Waals surface area contributed by atoms with E-state index in [-0.39, 0.29) is 6.03 Å². The van der Waals surface area contributed by atoms with Crippen molar-refractivity contribution in [3.63, 3.8) is 0 Å². The lowest BCUT2D eigenvalue weighted by molar-refractivity contribution is 0.145. The van der Waals surface area contributed by atoms with Gasteiger partial charge >= 0.3 is 6.03 Å². The van der Waals surface area contributed by atoms with E-state index in [0.717, 1.165) is 48.7 Å². The fourth-order valence-electron chi connectivity index (χ4n) is 3.19. The monoisotopic (exact) mass is 372 g/mol. The molecule has 0 saturated carbocycles. The van der Waals surface area contributed by atoms with Crippen molar-refractivity contribution in [1.82, 2.24) is 20.0 Å². The molecule has 7 heteroatoms. The summed E-state index contributed by atoms with van der Waals surface area (Å²) < 4.78 is 12.8. The van der Waals surface area contributed by atoms with Crippen molar-refractivity contribution in [3.8, 4) is 11.5 Å². The van der Waals surface area contributed by atoms with Crippen LogP contribution in [0.15, 0.2) is 30.5 Å². The number of carbonyl (C=O) groups is 1. The van der Waals surface area contributed by atoms with Crippen LogP contribution in [0.4, 0.5) is 4.79 Å². The molecule has 7 nitrogen and oxygen atoms in total. The van der Waals surface area contributed by atoms with E-state index in [9.17, 15) is 4.79 Å². The number of carbonyl (C=O) groups excluding carboxylic acids is 1. The van der Waals surface area contributed by atoms with Crippen molar-refractivity contribution in [3.05, 3.63) is 41.7 Å². The molecule has 27 heavy (non-hydrogen) atoms. The Hall–Kier alpha value is -2.70. The van der Waals surface area contributed by atoms with Crippen molar-refractivity contribution in [2.24, 2.45) is 13.0 Å². The molecule has 3 rings (SSSR count). The number of nitrogens with zero attached hydrogens (tertiary/aromatic N) is 3. The Kier molecular flexibility index (Phi) is 6.21. The first-order valence-electron chi connectivity index (χ1n) is 9.34. The van der Waals surface area contributed by atoms with Gasteiger partial charge in [-0.2, -0.15) is 5.10 Å². The van der Waals surface area contributed by atoms with Crippen LogP contribution < -0.4 is 14.8 Å². The highest BCUT2D eigenvalue weighted by atomic mass is 16.5. The fraction of sp³-hybridized carbons (Fsp3) is 0.500. The number of likely N-dealkylation sites (tertiary alicyclic amines) is 1. The highest BCUT2D eigenvalue weighted by Crippen LogP contribution is 2.21. The van der Waals surface area contributed by atoms with E-state index < -0.39 is 0 Å². The van der Waals surface area contributed by atoms with Gasteiger partial charge in [-0.15, -0.1) is 0 Å². The second-order valence-corrected chi connectivity index (χ2v) is 6.95. The topological polar surface area (TPSA) is 68.6 Å². The highest BCUT2D eigenvalue weighted by molar-refractivity contribution is 5.74. The molecular weight excluding hydrogens is 344 g/mol. The Morgan fingerprint density at radius 3 is 2.48 bits per heavy atom. The van der Waals surface area contributed by atoms with E-state index in [1.165, 1.54) is 0 Å². The van der Waals surface area contributed by atoms with Gasteiger partial charge in [-0.25, -0.2) is 4.79 Å². The van der Waals surface area contributed by atoms with Crippen LogP contribution in [0.5, 0.6) is 11.5 Å². The maximum atomic E-state index is 12.4. The largest absolute Gasteiger partial charge is 0.497 e. The summed E-state index contributed by atoms with van der Waals surface area (Å²) in [5.41, 5.74) is 2.12. The molecule has 2 aromatic rings. The summed E-state index contributed by atoms with van der Waals surface area (Å²) in [6.07, 6.45) is 3.71. The molecule has 2 heterocycles. The van der Waals surface area contributed by atoms with Crippen LogP contribution in [-0.4, -0.2) is 47.5 Å². The van der Waals surface area contributed by atoms with E-state index in [2.05, 4.69) is 10.4 Å². The van der Waals surface area contributed by atoms with Crippen molar-refractivity contribution >= 4 is 6.03 Å². The zero-order chi connectivity index (χ0) is 19.2. The molecule has 0 atom stereocenters. The molecule has 0 radical (unpaired) electrons. The standard InChI is InChI=1S/C20H28N4O3/c1-15-17(13-22-23(15)2)12-21-20(25)24-10-8-16(9-11-24)14-27-19-6-4-18(26-3)5-7-19/h4-7,13,16H,8-12,14H2,1-3H3,(H,21,25).